The van der Waals surface area contributed by atoms with Gasteiger partial charge in [-0.15, -0.1) is 0 Å². The number of hydrogen-bond donors (Lipinski definition) is 1. The van der Waals surface area contributed by atoms with Crippen LogP contribution in [0.25, 0.3) is 0 Å². The van der Waals surface area contributed by atoms with E-state index in [2.05, 4.69) is 22.4 Å². The number of piperidine rings is 1. The number of carbonyl (C=O) groups excluding carboxylic acids is 1. The fraction of sp³-hybridized carbons (Fsp3) is 0.500. The summed E-state index contributed by atoms with van der Waals surface area (Å²) >= 11 is 0. The number of sulfonamides is 1. The maximum Gasteiger partial charge on any atom is 0.262 e. The number of fused-ring (bicyclic) bond motifs is 1. The van der Waals surface area contributed by atoms with E-state index in [1.165, 1.54) is 28.0 Å². The summed E-state index contributed by atoms with van der Waals surface area (Å²) in [6, 6.07) is 8.36. The van der Waals surface area contributed by atoms with Gasteiger partial charge in [0.25, 0.3) is 10.0 Å². The van der Waals surface area contributed by atoms with Crippen molar-refractivity contribution in [2.75, 3.05) is 13.1 Å². The number of nitrogens with one attached hydrogen (secondary N) is 1. The van der Waals surface area contributed by atoms with Gasteiger partial charge in [0.05, 0.1) is 12.4 Å². The smallest absolute Gasteiger partial charge is 0.262 e. The summed E-state index contributed by atoms with van der Waals surface area (Å²) in [5.41, 5.74) is 2.53. The standard InChI is InChI=1S/C20H26N4O3S/c1-23-13-19(21-14-23)28(26,27)24-11-9-16(10-12-24)20(25)22-18-8-4-6-15-5-2-3-7-17(15)18/h2-3,5,7,13-14,16,18H,4,6,8-12H2,1H3,(H,22,25)/t18-/m1/s1. The summed E-state index contributed by atoms with van der Waals surface area (Å²) < 4.78 is 28.4. The summed E-state index contributed by atoms with van der Waals surface area (Å²) in [4.78, 5) is 16.8. The minimum Gasteiger partial charge on any atom is -0.349 e. The van der Waals surface area contributed by atoms with Crippen LogP contribution in [0.5, 0.6) is 0 Å². The van der Waals surface area contributed by atoms with Crippen LogP contribution in [-0.2, 0) is 28.3 Å². The molecule has 1 fully saturated rings. The molecule has 150 valence electrons. The molecule has 0 saturated carbocycles. The van der Waals surface area contributed by atoms with Crippen LogP contribution < -0.4 is 5.32 Å². The Kier molecular flexibility index (Phi) is 5.25. The topological polar surface area (TPSA) is 84.3 Å². The Bertz CT molecular complexity index is 961. The van der Waals surface area contributed by atoms with Crippen molar-refractivity contribution in [1.29, 1.82) is 0 Å². The number of amides is 1. The van der Waals surface area contributed by atoms with E-state index < -0.39 is 10.0 Å². The number of imidazole rings is 1. The van der Waals surface area contributed by atoms with E-state index in [4.69, 9.17) is 0 Å². The zero-order chi connectivity index (χ0) is 19.7. The number of rotatable bonds is 4. The minimum atomic E-state index is -3.59. The molecular weight excluding hydrogens is 376 g/mol. The summed E-state index contributed by atoms with van der Waals surface area (Å²) in [5, 5.41) is 3.28. The van der Waals surface area contributed by atoms with E-state index in [9.17, 15) is 13.2 Å². The van der Waals surface area contributed by atoms with Crippen LogP contribution in [0.15, 0.2) is 41.8 Å². The molecule has 7 nitrogen and oxygen atoms in total. The molecule has 4 rings (SSSR count). The molecule has 1 atom stereocenters. The summed E-state index contributed by atoms with van der Waals surface area (Å²) in [5.74, 6) is -0.110. The Balaban J connectivity index is 1.37. The zero-order valence-electron chi connectivity index (χ0n) is 16.0. The molecule has 1 N–H and O–H groups in total. The van der Waals surface area contributed by atoms with Crippen LogP contribution >= 0.6 is 0 Å². The van der Waals surface area contributed by atoms with Crippen molar-refractivity contribution in [2.24, 2.45) is 13.0 Å². The maximum atomic E-state index is 12.8. The quantitative estimate of drug-likeness (QED) is 0.848. The molecule has 0 spiro atoms. The van der Waals surface area contributed by atoms with Gasteiger partial charge in [-0.1, -0.05) is 24.3 Å². The Hall–Kier alpha value is -2.19. The van der Waals surface area contributed by atoms with Crippen LogP contribution in [-0.4, -0.2) is 41.3 Å². The van der Waals surface area contributed by atoms with Crippen molar-refractivity contribution < 1.29 is 13.2 Å². The molecule has 2 heterocycles. The zero-order valence-corrected chi connectivity index (χ0v) is 16.9. The Morgan fingerprint density at radius 1 is 1.18 bits per heavy atom. The Morgan fingerprint density at radius 3 is 2.64 bits per heavy atom. The first kappa shape index (κ1) is 19.1. The summed E-state index contributed by atoms with van der Waals surface area (Å²) in [6.07, 6.45) is 7.15. The molecule has 1 amide bonds. The average Bonchev–Trinajstić information content (AvgIpc) is 3.15. The van der Waals surface area contributed by atoms with E-state index >= 15 is 0 Å². The fourth-order valence-corrected chi connectivity index (χ4v) is 5.64. The predicted molar refractivity (Wildman–Crippen MR) is 105 cm³/mol. The first-order valence-corrected chi connectivity index (χ1v) is 11.3. The largest absolute Gasteiger partial charge is 0.349 e. The van der Waals surface area contributed by atoms with Crippen molar-refractivity contribution in [1.82, 2.24) is 19.2 Å². The third kappa shape index (κ3) is 3.71. The second-order valence-electron chi connectivity index (χ2n) is 7.71. The number of aryl methyl sites for hydroxylation is 2. The van der Waals surface area contributed by atoms with E-state index in [1.54, 1.807) is 11.6 Å². The van der Waals surface area contributed by atoms with Gasteiger partial charge in [-0.2, -0.15) is 4.31 Å². The van der Waals surface area contributed by atoms with Crippen LogP contribution in [0, 0.1) is 5.92 Å². The fourth-order valence-electron chi connectivity index (χ4n) is 4.21. The van der Waals surface area contributed by atoms with Crippen molar-refractivity contribution in [2.45, 2.75) is 43.2 Å². The van der Waals surface area contributed by atoms with Gasteiger partial charge in [0.1, 0.15) is 0 Å². The van der Waals surface area contributed by atoms with Crippen molar-refractivity contribution in [3.63, 3.8) is 0 Å². The highest BCUT2D eigenvalue weighted by atomic mass is 32.2. The van der Waals surface area contributed by atoms with Gasteiger partial charge in [-0.3, -0.25) is 4.79 Å². The second kappa shape index (κ2) is 7.67. The molecule has 1 aliphatic carbocycles. The Morgan fingerprint density at radius 2 is 1.93 bits per heavy atom. The molecule has 1 aliphatic heterocycles. The van der Waals surface area contributed by atoms with Gasteiger partial charge in [0, 0.05) is 32.3 Å². The number of nitrogens with zero attached hydrogens (tertiary/aromatic N) is 3. The van der Waals surface area contributed by atoms with Gasteiger partial charge in [0.15, 0.2) is 5.03 Å². The molecule has 28 heavy (non-hydrogen) atoms. The predicted octanol–water partition coefficient (Wildman–Crippen LogP) is 2.01. The average molecular weight is 403 g/mol. The molecule has 1 aromatic heterocycles. The lowest BCUT2D eigenvalue weighted by atomic mass is 9.87. The number of carbonyl (C=O) groups is 1. The molecule has 2 aromatic rings. The minimum absolute atomic E-state index is 0.0385. The van der Waals surface area contributed by atoms with E-state index in [1.807, 2.05) is 12.1 Å². The lowest BCUT2D eigenvalue weighted by Crippen LogP contribution is -2.44. The third-order valence-electron chi connectivity index (χ3n) is 5.80. The maximum absolute atomic E-state index is 12.8. The molecule has 1 saturated heterocycles. The highest BCUT2D eigenvalue weighted by Gasteiger charge is 2.34. The second-order valence-corrected chi connectivity index (χ2v) is 9.59. The normalized spacial score (nSPS) is 21.2. The summed E-state index contributed by atoms with van der Waals surface area (Å²) in [7, 11) is -1.85. The summed E-state index contributed by atoms with van der Waals surface area (Å²) in [6.45, 7) is 0.691. The Labute approximate surface area is 165 Å². The van der Waals surface area contributed by atoms with Crippen LogP contribution in [0.4, 0.5) is 0 Å². The van der Waals surface area contributed by atoms with Gasteiger partial charge in [-0.05, 0) is 43.2 Å². The highest BCUT2D eigenvalue weighted by molar-refractivity contribution is 7.89. The van der Waals surface area contributed by atoms with Crippen molar-refractivity contribution >= 4 is 15.9 Å². The molecule has 1 aromatic carbocycles. The molecule has 0 radical (unpaired) electrons. The van der Waals surface area contributed by atoms with Crippen LogP contribution in [0.2, 0.25) is 0 Å². The molecule has 2 aliphatic rings. The highest BCUT2D eigenvalue weighted by Crippen LogP contribution is 2.30. The lowest BCUT2D eigenvalue weighted by molar-refractivity contribution is -0.127. The van der Waals surface area contributed by atoms with E-state index in [0.29, 0.717) is 25.9 Å². The SMILES string of the molecule is Cn1cnc(S(=O)(=O)N2CCC(C(=O)N[C@@H]3CCCc4ccccc43)CC2)c1. The first-order valence-electron chi connectivity index (χ1n) is 9.81. The van der Waals surface area contributed by atoms with Crippen LogP contribution in [0.3, 0.4) is 0 Å². The molecule has 8 heteroatoms. The molecule has 0 bridgehead atoms. The van der Waals surface area contributed by atoms with Gasteiger partial charge in [-0.25, -0.2) is 13.4 Å². The third-order valence-corrected chi connectivity index (χ3v) is 7.58. The van der Waals surface area contributed by atoms with Gasteiger partial charge < -0.3 is 9.88 Å². The first-order chi connectivity index (χ1) is 13.4. The van der Waals surface area contributed by atoms with Crippen molar-refractivity contribution in [3.05, 3.63) is 47.9 Å². The number of benzene rings is 1. The number of hydrogen-bond acceptors (Lipinski definition) is 4. The molecule has 0 unspecified atom stereocenters. The van der Waals surface area contributed by atoms with Gasteiger partial charge >= 0.3 is 0 Å². The van der Waals surface area contributed by atoms with Crippen LogP contribution in [0.1, 0.15) is 42.9 Å². The van der Waals surface area contributed by atoms with E-state index in [0.717, 1.165) is 19.3 Å². The van der Waals surface area contributed by atoms with Crippen molar-refractivity contribution in [3.8, 4) is 0 Å². The number of aromatic nitrogens is 2. The van der Waals surface area contributed by atoms with Gasteiger partial charge in [0.2, 0.25) is 5.91 Å². The monoisotopic (exact) mass is 402 g/mol. The van der Waals surface area contributed by atoms with E-state index in [-0.39, 0.29) is 22.9 Å². The molecular formula is C20H26N4O3S. The lowest BCUT2D eigenvalue weighted by Gasteiger charge is -2.32.